The van der Waals surface area contributed by atoms with Gasteiger partial charge in [0.2, 0.25) is 0 Å². The Bertz CT molecular complexity index is 748. The van der Waals surface area contributed by atoms with Gasteiger partial charge in [0.1, 0.15) is 11.6 Å². The summed E-state index contributed by atoms with van der Waals surface area (Å²) in [5, 5.41) is 3.32. The van der Waals surface area contributed by atoms with Gasteiger partial charge in [-0.3, -0.25) is 0 Å². The van der Waals surface area contributed by atoms with Gasteiger partial charge in [-0.25, -0.2) is 14.4 Å². The zero-order chi connectivity index (χ0) is 15.9. The van der Waals surface area contributed by atoms with Crippen molar-refractivity contribution < 1.29 is 9.13 Å². The molecule has 0 saturated heterocycles. The number of hydrogen-bond acceptors (Lipinski definition) is 4. The second kappa shape index (κ2) is 7.47. The lowest BCUT2D eigenvalue weighted by Crippen LogP contribution is -2.12. The molecule has 1 heterocycles. The minimum Gasteiger partial charge on any atom is -0.424 e. The maximum atomic E-state index is 12.9. The molecular weight excluding hydrogens is 293 g/mol. The largest absolute Gasteiger partial charge is 0.424 e. The van der Waals surface area contributed by atoms with Crippen molar-refractivity contribution in [2.45, 2.75) is 13.1 Å². The monoisotopic (exact) mass is 309 g/mol. The first-order valence-electron chi connectivity index (χ1n) is 7.28. The standard InChI is InChI=1S/C18H16FN3O/c19-16-7-5-14(6-8-16)12-20-13-15-3-1-4-17(11-15)23-18-21-9-2-10-22-18/h1-11,20H,12-13H2. The molecule has 5 heteroatoms. The fourth-order valence-electron chi connectivity index (χ4n) is 2.12. The van der Waals surface area contributed by atoms with Crippen LogP contribution in [-0.2, 0) is 13.1 Å². The molecule has 0 aliphatic rings. The van der Waals surface area contributed by atoms with Crippen molar-refractivity contribution in [1.29, 1.82) is 0 Å². The van der Waals surface area contributed by atoms with Gasteiger partial charge in [-0.15, -0.1) is 0 Å². The lowest BCUT2D eigenvalue weighted by atomic mass is 10.2. The third kappa shape index (κ3) is 4.59. The van der Waals surface area contributed by atoms with Crippen LogP contribution < -0.4 is 10.1 Å². The van der Waals surface area contributed by atoms with E-state index in [1.807, 2.05) is 24.3 Å². The van der Waals surface area contributed by atoms with Crippen molar-refractivity contribution in [3.8, 4) is 11.8 Å². The zero-order valence-electron chi connectivity index (χ0n) is 12.4. The van der Waals surface area contributed by atoms with Gasteiger partial charge in [0.15, 0.2) is 0 Å². The molecule has 1 aromatic heterocycles. The summed E-state index contributed by atoms with van der Waals surface area (Å²) in [6, 6.07) is 16.3. The van der Waals surface area contributed by atoms with Crippen molar-refractivity contribution in [2.24, 2.45) is 0 Å². The Morgan fingerprint density at radius 1 is 0.870 bits per heavy atom. The summed E-state index contributed by atoms with van der Waals surface area (Å²) in [5.41, 5.74) is 2.12. The van der Waals surface area contributed by atoms with Crippen LogP contribution in [0.4, 0.5) is 4.39 Å². The Kier molecular flexibility index (Phi) is 4.91. The molecule has 0 spiro atoms. The zero-order valence-corrected chi connectivity index (χ0v) is 12.4. The molecule has 0 unspecified atom stereocenters. The summed E-state index contributed by atoms with van der Waals surface area (Å²) in [4.78, 5) is 8.07. The van der Waals surface area contributed by atoms with E-state index in [2.05, 4.69) is 15.3 Å². The molecule has 0 saturated carbocycles. The fourth-order valence-corrected chi connectivity index (χ4v) is 2.12. The van der Waals surface area contributed by atoms with E-state index in [4.69, 9.17) is 4.74 Å². The highest BCUT2D eigenvalue weighted by Crippen LogP contribution is 2.18. The summed E-state index contributed by atoms with van der Waals surface area (Å²) >= 11 is 0. The Morgan fingerprint density at radius 2 is 1.61 bits per heavy atom. The maximum absolute atomic E-state index is 12.9. The van der Waals surface area contributed by atoms with Gasteiger partial charge in [-0.2, -0.15) is 0 Å². The quantitative estimate of drug-likeness (QED) is 0.754. The normalized spacial score (nSPS) is 10.5. The first-order chi connectivity index (χ1) is 11.3. The van der Waals surface area contributed by atoms with Crippen molar-refractivity contribution in [3.05, 3.63) is 83.9 Å². The van der Waals surface area contributed by atoms with Gasteiger partial charge in [-0.1, -0.05) is 24.3 Å². The number of hydrogen-bond donors (Lipinski definition) is 1. The molecule has 0 aliphatic carbocycles. The number of nitrogens with zero attached hydrogens (tertiary/aromatic N) is 2. The summed E-state index contributed by atoms with van der Waals surface area (Å²) < 4.78 is 18.5. The van der Waals surface area contributed by atoms with Crippen LogP contribution in [0.1, 0.15) is 11.1 Å². The topological polar surface area (TPSA) is 47.0 Å². The first kappa shape index (κ1) is 15.1. The highest BCUT2D eigenvalue weighted by Gasteiger charge is 2.01. The number of halogens is 1. The Balaban J connectivity index is 1.56. The summed E-state index contributed by atoms with van der Waals surface area (Å²) in [6.45, 7) is 1.36. The molecule has 0 atom stereocenters. The van der Waals surface area contributed by atoms with Crippen LogP contribution in [0.25, 0.3) is 0 Å². The minimum atomic E-state index is -0.221. The number of aromatic nitrogens is 2. The molecule has 1 N–H and O–H groups in total. The van der Waals surface area contributed by atoms with Gasteiger partial charge in [-0.05, 0) is 41.5 Å². The first-order valence-corrected chi connectivity index (χ1v) is 7.28. The number of nitrogens with one attached hydrogen (secondary N) is 1. The molecule has 0 amide bonds. The number of rotatable bonds is 6. The summed E-state index contributed by atoms with van der Waals surface area (Å²) in [6.07, 6.45) is 3.27. The predicted molar refractivity (Wildman–Crippen MR) is 85.5 cm³/mol. The van der Waals surface area contributed by atoms with Gasteiger partial charge in [0, 0.05) is 25.5 Å². The molecule has 0 aliphatic heterocycles. The van der Waals surface area contributed by atoms with E-state index in [0.717, 1.165) is 11.1 Å². The van der Waals surface area contributed by atoms with Crippen LogP contribution in [0.15, 0.2) is 67.0 Å². The lowest BCUT2D eigenvalue weighted by molar-refractivity contribution is 0.441. The Morgan fingerprint density at radius 3 is 2.39 bits per heavy atom. The highest BCUT2D eigenvalue weighted by molar-refractivity contribution is 5.30. The van der Waals surface area contributed by atoms with E-state index in [1.54, 1.807) is 30.6 Å². The minimum absolute atomic E-state index is 0.221. The number of benzene rings is 2. The Labute approximate surface area is 134 Å². The van der Waals surface area contributed by atoms with E-state index >= 15 is 0 Å². The van der Waals surface area contributed by atoms with E-state index in [1.165, 1.54) is 12.1 Å². The maximum Gasteiger partial charge on any atom is 0.321 e. The lowest BCUT2D eigenvalue weighted by Gasteiger charge is -2.08. The van der Waals surface area contributed by atoms with E-state index in [9.17, 15) is 4.39 Å². The average molecular weight is 309 g/mol. The molecular formula is C18H16FN3O. The van der Waals surface area contributed by atoms with Crippen molar-refractivity contribution >= 4 is 0 Å². The van der Waals surface area contributed by atoms with Crippen molar-refractivity contribution in [3.63, 3.8) is 0 Å². The predicted octanol–water partition coefficient (Wildman–Crippen LogP) is 3.70. The van der Waals surface area contributed by atoms with E-state index < -0.39 is 0 Å². The van der Waals surface area contributed by atoms with Gasteiger partial charge < -0.3 is 10.1 Å². The van der Waals surface area contributed by atoms with E-state index in [0.29, 0.717) is 24.8 Å². The van der Waals surface area contributed by atoms with Crippen LogP contribution in [0.5, 0.6) is 11.8 Å². The molecule has 0 bridgehead atoms. The summed E-state index contributed by atoms with van der Waals surface area (Å²) in [7, 11) is 0. The Hall–Kier alpha value is -2.79. The van der Waals surface area contributed by atoms with E-state index in [-0.39, 0.29) is 5.82 Å². The van der Waals surface area contributed by atoms with Crippen LogP contribution in [0.3, 0.4) is 0 Å². The van der Waals surface area contributed by atoms with Gasteiger partial charge in [0.05, 0.1) is 0 Å². The second-order valence-corrected chi connectivity index (χ2v) is 5.01. The second-order valence-electron chi connectivity index (χ2n) is 5.01. The van der Waals surface area contributed by atoms with Crippen molar-refractivity contribution in [2.75, 3.05) is 0 Å². The molecule has 2 aromatic carbocycles. The van der Waals surface area contributed by atoms with Crippen molar-refractivity contribution in [1.82, 2.24) is 15.3 Å². The highest BCUT2D eigenvalue weighted by atomic mass is 19.1. The SMILES string of the molecule is Fc1ccc(CNCc2cccc(Oc3ncccn3)c2)cc1. The summed E-state index contributed by atoms with van der Waals surface area (Å²) in [5.74, 6) is 0.471. The van der Waals surface area contributed by atoms with Gasteiger partial charge >= 0.3 is 6.01 Å². The molecule has 0 radical (unpaired) electrons. The number of ether oxygens (including phenoxy) is 1. The molecule has 23 heavy (non-hydrogen) atoms. The molecule has 4 nitrogen and oxygen atoms in total. The average Bonchev–Trinajstić information content (AvgIpc) is 2.58. The van der Waals surface area contributed by atoms with Crippen LogP contribution >= 0.6 is 0 Å². The van der Waals surface area contributed by atoms with Crippen LogP contribution in [0.2, 0.25) is 0 Å². The third-order valence-corrected chi connectivity index (χ3v) is 3.22. The van der Waals surface area contributed by atoms with Crippen LogP contribution in [0, 0.1) is 5.82 Å². The van der Waals surface area contributed by atoms with Crippen LogP contribution in [-0.4, -0.2) is 9.97 Å². The molecule has 0 fully saturated rings. The molecule has 3 aromatic rings. The third-order valence-electron chi connectivity index (χ3n) is 3.22. The smallest absolute Gasteiger partial charge is 0.321 e. The van der Waals surface area contributed by atoms with Gasteiger partial charge in [0.25, 0.3) is 0 Å². The molecule has 3 rings (SSSR count). The molecule has 116 valence electrons. The fraction of sp³-hybridized carbons (Fsp3) is 0.111.